The quantitative estimate of drug-likeness (QED) is 0.147. The van der Waals surface area contributed by atoms with Gasteiger partial charge < -0.3 is 39.4 Å². The van der Waals surface area contributed by atoms with Gasteiger partial charge in [-0.3, -0.25) is 0 Å². The molecule has 1 saturated heterocycles. The molecule has 5 atom stereocenters. The maximum Gasteiger partial charge on any atom is 0.186 e. The zero-order valence-corrected chi connectivity index (χ0v) is 12.6. The van der Waals surface area contributed by atoms with Crippen molar-refractivity contribution in [2.24, 2.45) is 5.11 Å². The van der Waals surface area contributed by atoms with E-state index in [4.69, 9.17) is 29.6 Å². The van der Waals surface area contributed by atoms with Crippen molar-refractivity contribution in [2.75, 3.05) is 46.2 Å². The minimum absolute atomic E-state index is 0.0847. The van der Waals surface area contributed by atoms with Crippen LogP contribution in [0.5, 0.6) is 0 Å². The summed E-state index contributed by atoms with van der Waals surface area (Å²) in [4.78, 5) is 2.58. The average molecular weight is 337 g/mol. The highest BCUT2D eigenvalue weighted by Gasteiger charge is 2.43. The van der Waals surface area contributed by atoms with E-state index in [0.29, 0.717) is 19.8 Å². The molecule has 1 fully saturated rings. The number of ether oxygens (including phenoxy) is 4. The van der Waals surface area contributed by atoms with Crippen LogP contribution in [0.4, 0.5) is 0 Å². The molecule has 0 aromatic heterocycles. The topological polar surface area (TPSA) is 167 Å². The van der Waals surface area contributed by atoms with E-state index in [1.54, 1.807) is 0 Å². The van der Waals surface area contributed by atoms with E-state index in [0.717, 1.165) is 0 Å². The summed E-state index contributed by atoms with van der Waals surface area (Å²) in [5.41, 5.74) is 8.05. The van der Waals surface area contributed by atoms with Crippen molar-refractivity contribution in [2.45, 2.75) is 30.7 Å². The lowest BCUT2D eigenvalue weighted by atomic mass is 9.99. The van der Waals surface area contributed by atoms with Gasteiger partial charge in [0.15, 0.2) is 6.29 Å². The second-order valence-electron chi connectivity index (χ2n) is 4.75. The van der Waals surface area contributed by atoms with Gasteiger partial charge in [-0.15, -0.1) is 0 Å². The Kier molecular flexibility index (Phi) is 10.0. The molecule has 0 unspecified atom stereocenters. The molecule has 0 aromatic carbocycles. The van der Waals surface area contributed by atoms with Gasteiger partial charge in [-0.2, -0.15) is 0 Å². The molecule has 1 heterocycles. The van der Waals surface area contributed by atoms with Crippen LogP contribution in [0, 0.1) is 0 Å². The zero-order valence-electron chi connectivity index (χ0n) is 12.6. The van der Waals surface area contributed by atoms with E-state index in [1.807, 2.05) is 0 Å². The largest absolute Gasteiger partial charge is 0.394 e. The molecule has 0 aromatic rings. The molecule has 0 saturated carbocycles. The third-order valence-electron chi connectivity index (χ3n) is 3.13. The molecule has 0 aliphatic carbocycles. The second kappa shape index (κ2) is 11.5. The van der Waals surface area contributed by atoms with E-state index in [2.05, 4.69) is 10.0 Å². The molecule has 0 spiro atoms. The Morgan fingerprint density at radius 2 is 1.61 bits per heavy atom. The third kappa shape index (κ3) is 6.96. The number of hydrogen-bond acceptors (Lipinski definition) is 9. The Hall–Kier alpha value is -1.01. The SMILES string of the molecule is [N-]=[N+]=NCCOCCOCCO[C@@H]1O[C@H](CO)[C@@H](O)[C@H](O)[C@H]1O. The predicted molar refractivity (Wildman–Crippen MR) is 75.4 cm³/mol. The number of azide groups is 1. The Bertz CT molecular complexity index is 366. The molecule has 11 heteroatoms. The molecule has 0 radical (unpaired) electrons. The van der Waals surface area contributed by atoms with E-state index in [-0.39, 0.29) is 19.8 Å². The van der Waals surface area contributed by atoms with Crippen molar-refractivity contribution in [1.82, 2.24) is 0 Å². The van der Waals surface area contributed by atoms with Gasteiger partial charge in [0, 0.05) is 11.5 Å². The van der Waals surface area contributed by atoms with E-state index >= 15 is 0 Å². The lowest BCUT2D eigenvalue weighted by Crippen LogP contribution is -2.59. The molecular weight excluding hydrogens is 314 g/mol. The first kappa shape index (κ1) is 20.0. The molecule has 4 N–H and O–H groups in total. The molecule has 0 amide bonds. The third-order valence-corrected chi connectivity index (χ3v) is 3.13. The molecule has 1 rings (SSSR count). The highest BCUT2D eigenvalue weighted by Crippen LogP contribution is 2.21. The fourth-order valence-electron chi connectivity index (χ4n) is 1.90. The Balaban J connectivity index is 2.09. The molecule has 1 aliphatic heterocycles. The van der Waals surface area contributed by atoms with Crippen LogP contribution in [0.2, 0.25) is 0 Å². The van der Waals surface area contributed by atoms with Crippen LogP contribution in [0.25, 0.3) is 10.4 Å². The molecular formula is C12H23N3O8. The smallest absolute Gasteiger partial charge is 0.186 e. The Labute approximate surface area is 133 Å². The zero-order chi connectivity index (χ0) is 17.1. The van der Waals surface area contributed by atoms with Gasteiger partial charge >= 0.3 is 0 Å². The lowest BCUT2D eigenvalue weighted by Gasteiger charge is -2.39. The van der Waals surface area contributed by atoms with Crippen LogP contribution < -0.4 is 0 Å². The summed E-state index contributed by atoms with van der Waals surface area (Å²) in [5, 5.41) is 41.2. The van der Waals surface area contributed by atoms with Gasteiger partial charge in [0.2, 0.25) is 0 Å². The Morgan fingerprint density at radius 1 is 0.957 bits per heavy atom. The van der Waals surface area contributed by atoms with E-state index < -0.39 is 37.3 Å². The fourth-order valence-corrected chi connectivity index (χ4v) is 1.90. The highest BCUT2D eigenvalue weighted by molar-refractivity contribution is 4.88. The monoisotopic (exact) mass is 337 g/mol. The molecule has 11 nitrogen and oxygen atoms in total. The maximum atomic E-state index is 9.73. The number of hydrogen-bond donors (Lipinski definition) is 4. The van der Waals surface area contributed by atoms with Crippen LogP contribution in [0.15, 0.2) is 5.11 Å². The van der Waals surface area contributed by atoms with Crippen LogP contribution in [0.3, 0.4) is 0 Å². The van der Waals surface area contributed by atoms with Gasteiger partial charge in [-0.25, -0.2) is 0 Å². The second-order valence-corrected chi connectivity index (χ2v) is 4.75. The summed E-state index contributed by atoms with van der Waals surface area (Å²) in [6.07, 6.45) is -6.44. The average Bonchev–Trinajstić information content (AvgIpc) is 2.56. The van der Waals surface area contributed by atoms with Crippen molar-refractivity contribution >= 4 is 0 Å². The van der Waals surface area contributed by atoms with Crippen molar-refractivity contribution in [1.29, 1.82) is 0 Å². The first-order valence-corrected chi connectivity index (χ1v) is 7.20. The lowest BCUT2D eigenvalue weighted by molar-refractivity contribution is -0.302. The van der Waals surface area contributed by atoms with Gasteiger partial charge in [0.25, 0.3) is 0 Å². The van der Waals surface area contributed by atoms with Gasteiger partial charge in [0.1, 0.15) is 24.4 Å². The number of aliphatic hydroxyl groups is 4. The van der Waals surface area contributed by atoms with Crippen molar-refractivity contribution in [3.05, 3.63) is 10.4 Å². The molecule has 0 bridgehead atoms. The van der Waals surface area contributed by atoms with E-state index in [9.17, 15) is 15.3 Å². The van der Waals surface area contributed by atoms with Gasteiger partial charge in [-0.05, 0) is 5.53 Å². The first-order chi connectivity index (χ1) is 11.1. The van der Waals surface area contributed by atoms with Crippen molar-refractivity contribution < 1.29 is 39.4 Å². The van der Waals surface area contributed by atoms with Gasteiger partial charge in [-0.1, -0.05) is 5.11 Å². The minimum atomic E-state index is -1.46. The number of aliphatic hydroxyl groups excluding tert-OH is 4. The van der Waals surface area contributed by atoms with Gasteiger partial charge in [0.05, 0.1) is 39.6 Å². The molecule has 23 heavy (non-hydrogen) atoms. The summed E-state index contributed by atoms with van der Waals surface area (Å²) in [6, 6.07) is 0. The summed E-state index contributed by atoms with van der Waals surface area (Å²) in [5.74, 6) is 0. The predicted octanol–water partition coefficient (Wildman–Crippen LogP) is -1.85. The van der Waals surface area contributed by atoms with Crippen LogP contribution in [0.1, 0.15) is 0 Å². The molecule has 1 aliphatic rings. The summed E-state index contributed by atoms with van der Waals surface area (Å²) >= 11 is 0. The van der Waals surface area contributed by atoms with Crippen LogP contribution in [-0.2, 0) is 18.9 Å². The fraction of sp³-hybridized carbons (Fsp3) is 1.00. The summed E-state index contributed by atoms with van der Waals surface area (Å²) < 4.78 is 20.7. The standard InChI is InChI=1S/C12H23N3O8/c13-15-14-1-2-20-3-4-21-5-6-22-12-11(19)10(18)9(17)8(7-16)23-12/h8-12,16-19H,1-7H2/t8-,9-,10+,11-,12-/m1/s1. The summed E-state index contributed by atoms with van der Waals surface area (Å²) in [7, 11) is 0. The maximum absolute atomic E-state index is 9.73. The van der Waals surface area contributed by atoms with E-state index in [1.165, 1.54) is 0 Å². The number of nitrogens with zero attached hydrogens (tertiary/aromatic N) is 3. The first-order valence-electron chi connectivity index (χ1n) is 7.20. The van der Waals surface area contributed by atoms with Crippen LogP contribution >= 0.6 is 0 Å². The highest BCUT2D eigenvalue weighted by atomic mass is 16.7. The van der Waals surface area contributed by atoms with Crippen LogP contribution in [-0.4, -0.2) is 97.3 Å². The number of rotatable bonds is 11. The Morgan fingerprint density at radius 3 is 2.26 bits per heavy atom. The van der Waals surface area contributed by atoms with Crippen molar-refractivity contribution in [3.63, 3.8) is 0 Å². The normalized spacial score (nSPS) is 30.9. The van der Waals surface area contributed by atoms with Crippen molar-refractivity contribution in [3.8, 4) is 0 Å². The minimum Gasteiger partial charge on any atom is -0.394 e. The molecule has 134 valence electrons. The summed E-state index contributed by atoms with van der Waals surface area (Å²) in [6.45, 7) is 1.01.